The van der Waals surface area contributed by atoms with E-state index in [4.69, 9.17) is 0 Å². The minimum atomic E-state index is -0.314. The molecule has 0 saturated carbocycles. The van der Waals surface area contributed by atoms with Gasteiger partial charge in [0.2, 0.25) is 0 Å². The number of anilines is 2. The highest BCUT2D eigenvalue weighted by Gasteiger charge is 2.33. The van der Waals surface area contributed by atoms with Crippen molar-refractivity contribution in [3.05, 3.63) is 58.1 Å². The topological polar surface area (TPSA) is 94.5 Å². The van der Waals surface area contributed by atoms with Crippen molar-refractivity contribution in [1.29, 1.82) is 0 Å². The fourth-order valence-corrected chi connectivity index (χ4v) is 4.45. The van der Waals surface area contributed by atoms with Gasteiger partial charge < -0.3 is 20.8 Å². The van der Waals surface area contributed by atoms with Gasteiger partial charge in [0, 0.05) is 17.9 Å². The summed E-state index contributed by atoms with van der Waals surface area (Å²) in [6.07, 6.45) is 7.50. The molecule has 7 heteroatoms. The summed E-state index contributed by atoms with van der Waals surface area (Å²) in [6.45, 7) is 4.00. The van der Waals surface area contributed by atoms with Crippen LogP contribution in [-0.4, -0.2) is 33.3 Å². The predicted molar refractivity (Wildman–Crippen MR) is 110 cm³/mol. The third-order valence-electron chi connectivity index (χ3n) is 5.01. The van der Waals surface area contributed by atoms with E-state index in [1.54, 1.807) is 6.07 Å². The summed E-state index contributed by atoms with van der Waals surface area (Å²) in [4.78, 5) is 17.5. The minimum Gasteiger partial charge on any atom is -0.506 e. The van der Waals surface area contributed by atoms with E-state index in [9.17, 15) is 15.0 Å². The van der Waals surface area contributed by atoms with Gasteiger partial charge >= 0.3 is 0 Å². The van der Waals surface area contributed by atoms with Crippen molar-refractivity contribution in [2.45, 2.75) is 38.1 Å². The largest absolute Gasteiger partial charge is 0.506 e. The number of nitrogens with one attached hydrogen (secondary N) is 2. The van der Waals surface area contributed by atoms with Crippen LogP contribution < -0.4 is 10.6 Å². The highest BCUT2D eigenvalue weighted by Crippen LogP contribution is 2.36. The number of hydrogen-bond donors (Lipinski definition) is 4. The number of phenols is 1. The third-order valence-corrected chi connectivity index (χ3v) is 6.03. The Balaban J connectivity index is 1.57. The molecule has 0 spiro atoms. The number of fused-ring (bicyclic) bond motifs is 1. The monoisotopic (exact) mass is 397 g/mol. The van der Waals surface area contributed by atoms with Crippen LogP contribution >= 0.6 is 11.3 Å². The van der Waals surface area contributed by atoms with Gasteiger partial charge in [0.05, 0.1) is 18.0 Å². The maximum absolute atomic E-state index is 12.3. The maximum Gasteiger partial charge on any atom is 0.263 e. The molecule has 0 bridgehead atoms. The molecular formula is C21H23N3O3S. The van der Waals surface area contributed by atoms with Crippen molar-refractivity contribution in [3.8, 4) is 5.75 Å². The Labute approximate surface area is 167 Å². The van der Waals surface area contributed by atoms with E-state index in [2.05, 4.69) is 21.7 Å². The molecule has 0 saturated heterocycles. The summed E-state index contributed by atoms with van der Waals surface area (Å²) in [5, 5.41) is 26.2. The minimum absolute atomic E-state index is 0.0463. The molecule has 1 aromatic carbocycles. The SMILES string of the molecule is CC1(C)Cc2nc(Nc3cc(C4C=CC(CO)=CC4)ccc3O)sc2C(=O)N1. The van der Waals surface area contributed by atoms with Crippen molar-refractivity contribution in [1.82, 2.24) is 10.3 Å². The number of thiazole rings is 1. The second-order valence-corrected chi connectivity index (χ2v) is 8.85. The highest BCUT2D eigenvalue weighted by molar-refractivity contribution is 7.17. The molecule has 146 valence electrons. The van der Waals surface area contributed by atoms with Gasteiger partial charge in [-0.2, -0.15) is 0 Å². The number of allylic oxidation sites excluding steroid dienone is 2. The van der Waals surface area contributed by atoms with E-state index in [1.165, 1.54) is 11.3 Å². The number of hydrogen-bond acceptors (Lipinski definition) is 6. The summed E-state index contributed by atoms with van der Waals surface area (Å²) in [5.74, 6) is 0.217. The third kappa shape index (κ3) is 3.68. The van der Waals surface area contributed by atoms with E-state index in [0.29, 0.717) is 22.1 Å². The standard InChI is InChI=1S/C21H23N3O3S/c1-21(2)10-16-18(19(27)24-21)28-20(23-16)22-15-9-14(7-8-17(15)26)13-5-3-12(11-25)4-6-13/h3-5,7-9,13,25-26H,6,10-11H2,1-2H3,(H,22,23)(H,24,27). The van der Waals surface area contributed by atoms with Crippen LogP contribution in [0, 0.1) is 0 Å². The Bertz CT molecular complexity index is 991. The number of amides is 1. The maximum atomic E-state index is 12.3. The number of nitrogens with zero attached hydrogens (tertiary/aromatic N) is 1. The first-order chi connectivity index (χ1) is 13.3. The number of benzene rings is 1. The lowest BCUT2D eigenvalue weighted by atomic mass is 9.90. The average Bonchev–Trinajstić information content (AvgIpc) is 3.05. The molecule has 28 heavy (non-hydrogen) atoms. The van der Waals surface area contributed by atoms with Crippen LogP contribution in [0.4, 0.5) is 10.8 Å². The number of phenolic OH excluding ortho intramolecular Hbond substituents is 1. The Morgan fingerprint density at radius 2 is 2.21 bits per heavy atom. The zero-order valence-corrected chi connectivity index (χ0v) is 16.6. The van der Waals surface area contributed by atoms with Crippen molar-refractivity contribution < 1.29 is 15.0 Å². The molecule has 1 atom stereocenters. The molecule has 4 rings (SSSR count). The highest BCUT2D eigenvalue weighted by atomic mass is 32.1. The number of rotatable bonds is 4. The molecule has 1 aliphatic carbocycles. The number of aromatic hydroxyl groups is 1. The first-order valence-corrected chi connectivity index (χ1v) is 10.1. The zero-order valence-electron chi connectivity index (χ0n) is 15.8. The summed E-state index contributed by atoms with van der Waals surface area (Å²) in [7, 11) is 0. The molecule has 6 nitrogen and oxygen atoms in total. The predicted octanol–water partition coefficient (Wildman–Crippen LogP) is 3.62. The molecule has 2 heterocycles. The lowest BCUT2D eigenvalue weighted by Crippen LogP contribution is -2.48. The van der Waals surface area contributed by atoms with E-state index in [1.807, 2.05) is 38.1 Å². The molecule has 0 fully saturated rings. The quantitative estimate of drug-likeness (QED) is 0.591. The van der Waals surface area contributed by atoms with E-state index in [-0.39, 0.29) is 29.7 Å². The second kappa shape index (κ2) is 7.07. The molecule has 1 aliphatic heterocycles. The number of aliphatic hydroxyl groups is 1. The lowest BCUT2D eigenvalue weighted by Gasteiger charge is -2.29. The first-order valence-electron chi connectivity index (χ1n) is 9.25. The van der Waals surface area contributed by atoms with Gasteiger partial charge in [-0.15, -0.1) is 0 Å². The van der Waals surface area contributed by atoms with Crippen LogP contribution in [0.25, 0.3) is 0 Å². The summed E-state index contributed by atoms with van der Waals surface area (Å²) < 4.78 is 0. The van der Waals surface area contributed by atoms with Crippen molar-refractivity contribution in [3.63, 3.8) is 0 Å². The second-order valence-electron chi connectivity index (χ2n) is 7.85. The first kappa shape index (κ1) is 18.7. The van der Waals surface area contributed by atoms with Crippen LogP contribution in [0.15, 0.2) is 42.0 Å². The van der Waals surface area contributed by atoms with Gasteiger partial charge in [-0.25, -0.2) is 4.98 Å². The van der Waals surface area contributed by atoms with Crippen LogP contribution in [0.1, 0.15) is 47.1 Å². The van der Waals surface area contributed by atoms with E-state index in [0.717, 1.165) is 23.3 Å². The average molecular weight is 398 g/mol. The molecule has 1 aromatic heterocycles. The van der Waals surface area contributed by atoms with Crippen LogP contribution in [0.5, 0.6) is 5.75 Å². The van der Waals surface area contributed by atoms with Crippen LogP contribution in [-0.2, 0) is 6.42 Å². The fraction of sp³-hybridized carbons (Fsp3) is 0.333. The molecule has 1 amide bonds. The van der Waals surface area contributed by atoms with Gasteiger partial charge in [0.1, 0.15) is 10.6 Å². The van der Waals surface area contributed by atoms with E-state index < -0.39 is 0 Å². The van der Waals surface area contributed by atoms with Crippen molar-refractivity contribution in [2.24, 2.45) is 0 Å². The number of carbonyl (C=O) groups excluding carboxylic acids is 1. The zero-order chi connectivity index (χ0) is 19.9. The van der Waals surface area contributed by atoms with Gasteiger partial charge in [0.25, 0.3) is 5.91 Å². The van der Waals surface area contributed by atoms with Crippen molar-refractivity contribution in [2.75, 3.05) is 11.9 Å². The molecule has 4 N–H and O–H groups in total. The van der Waals surface area contributed by atoms with Gasteiger partial charge in [-0.3, -0.25) is 4.79 Å². The van der Waals surface area contributed by atoms with Gasteiger partial charge in [-0.05, 0) is 43.5 Å². The number of aromatic nitrogens is 1. The Hall–Kier alpha value is -2.64. The van der Waals surface area contributed by atoms with Gasteiger partial charge in [0.15, 0.2) is 5.13 Å². The molecule has 2 aliphatic rings. The van der Waals surface area contributed by atoms with Crippen molar-refractivity contribution >= 4 is 28.1 Å². The van der Waals surface area contributed by atoms with Crippen LogP contribution in [0.2, 0.25) is 0 Å². The molecular weight excluding hydrogens is 374 g/mol. The molecule has 0 radical (unpaired) electrons. The number of aliphatic hydroxyl groups excluding tert-OH is 1. The van der Waals surface area contributed by atoms with Gasteiger partial charge in [-0.1, -0.05) is 35.6 Å². The molecule has 1 unspecified atom stereocenters. The molecule has 2 aromatic rings. The normalized spacial score (nSPS) is 20.3. The summed E-state index contributed by atoms with van der Waals surface area (Å²) >= 11 is 1.30. The number of carbonyl (C=O) groups is 1. The lowest BCUT2D eigenvalue weighted by molar-refractivity contribution is 0.0901. The Morgan fingerprint density at radius 3 is 2.93 bits per heavy atom. The smallest absolute Gasteiger partial charge is 0.263 e. The Morgan fingerprint density at radius 1 is 1.39 bits per heavy atom. The Kier molecular flexibility index (Phi) is 4.72. The summed E-state index contributed by atoms with van der Waals surface area (Å²) in [6, 6.07) is 5.47. The summed E-state index contributed by atoms with van der Waals surface area (Å²) in [5.41, 5.74) is 3.02. The van der Waals surface area contributed by atoms with Crippen LogP contribution in [0.3, 0.4) is 0 Å². The van der Waals surface area contributed by atoms with E-state index >= 15 is 0 Å². The fourth-order valence-electron chi connectivity index (χ4n) is 3.56.